The van der Waals surface area contributed by atoms with Gasteiger partial charge in [0.2, 0.25) is 0 Å². The number of hydrogen-bond acceptors (Lipinski definition) is 2. The third-order valence-electron chi connectivity index (χ3n) is 3.76. The van der Waals surface area contributed by atoms with E-state index in [9.17, 15) is 9.59 Å². The lowest BCUT2D eigenvalue weighted by atomic mass is 9.91. The molecule has 1 aliphatic heterocycles. The first-order valence-electron chi connectivity index (χ1n) is 7.05. The molecule has 4 nitrogen and oxygen atoms in total. The molecule has 0 aliphatic carbocycles. The number of Topliss-reactive ketones (excluding diaryl/α,β-unsaturated/α-hetero) is 1. The van der Waals surface area contributed by atoms with Gasteiger partial charge in [0.1, 0.15) is 5.78 Å². The first-order chi connectivity index (χ1) is 10.0. The molecule has 1 aliphatic rings. The van der Waals surface area contributed by atoms with Crippen LogP contribution in [-0.2, 0) is 4.79 Å². The summed E-state index contributed by atoms with van der Waals surface area (Å²) in [5.74, 6) is 0.392. The van der Waals surface area contributed by atoms with Crippen LogP contribution in [0.5, 0.6) is 0 Å². The monoisotopic (exact) mass is 328 g/mol. The lowest BCUT2D eigenvalue weighted by molar-refractivity contribution is -0.123. The predicted octanol–water partition coefficient (Wildman–Crippen LogP) is 4.22. The molecule has 6 heteroatoms. The normalized spacial score (nSPS) is 15.9. The molecule has 0 bridgehead atoms. The lowest BCUT2D eigenvalue weighted by Gasteiger charge is -2.31. The molecular formula is C15H18Cl2N2O2. The summed E-state index contributed by atoms with van der Waals surface area (Å²) in [6, 6.07) is 4.80. The SMILES string of the molecule is CCC(=O)C1CCN(C(=O)Nc2ccc(Cl)c(Cl)c2)CC1. The molecule has 114 valence electrons. The molecule has 2 rings (SSSR count). The van der Waals surface area contributed by atoms with Gasteiger partial charge in [0.25, 0.3) is 0 Å². The fourth-order valence-electron chi connectivity index (χ4n) is 2.47. The first kappa shape index (κ1) is 16.1. The summed E-state index contributed by atoms with van der Waals surface area (Å²) in [7, 11) is 0. The molecule has 2 amide bonds. The van der Waals surface area contributed by atoms with E-state index >= 15 is 0 Å². The van der Waals surface area contributed by atoms with E-state index in [1.165, 1.54) is 0 Å². The molecule has 1 N–H and O–H groups in total. The van der Waals surface area contributed by atoms with Crippen LogP contribution in [0.25, 0.3) is 0 Å². The number of rotatable bonds is 3. The number of anilines is 1. The maximum Gasteiger partial charge on any atom is 0.321 e. The van der Waals surface area contributed by atoms with Gasteiger partial charge in [-0.3, -0.25) is 4.79 Å². The van der Waals surface area contributed by atoms with E-state index < -0.39 is 0 Å². The van der Waals surface area contributed by atoms with Crippen molar-refractivity contribution in [2.75, 3.05) is 18.4 Å². The molecule has 1 aromatic rings. The standard InChI is InChI=1S/C15H18Cl2N2O2/c1-2-14(20)10-5-7-19(8-6-10)15(21)18-11-3-4-12(16)13(17)9-11/h3-4,9-10H,2,5-8H2,1H3,(H,18,21). The quantitative estimate of drug-likeness (QED) is 0.903. The van der Waals surface area contributed by atoms with Gasteiger partial charge >= 0.3 is 6.03 Å². The van der Waals surface area contributed by atoms with Gasteiger partial charge < -0.3 is 10.2 Å². The van der Waals surface area contributed by atoms with E-state index in [0.717, 1.165) is 12.8 Å². The Labute approximate surface area is 134 Å². The van der Waals surface area contributed by atoms with Crippen LogP contribution >= 0.6 is 23.2 Å². The average Bonchev–Trinajstić information content (AvgIpc) is 2.50. The van der Waals surface area contributed by atoms with Gasteiger partial charge in [-0.05, 0) is 31.0 Å². The minimum absolute atomic E-state index is 0.101. The maximum absolute atomic E-state index is 12.2. The highest BCUT2D eigenvalue weighted by Gasteiger charge is 2.26. The van der Waals surface area contributed by atoms with E-state index in [1.807, 2.05) is 6.92 Å². The van der Waals surface area contributed by atoms with Crippen molar-refractivity contribution in [1.82, 2.24) is 4.90 Å². The van der Waals surface area contributed by atoms with Gasteiger partial charge in [-0.25, -0.2) is 4.79 Å². The van der Waals surface area contributed by atoms with Gasteiger partial charge in [-0.2, -0.15) is 0 Å². The zero-order chi connectivity index (χ0) is 15.4. The second kappa shape index (κ2) is 7.14. The number of halogens is 2. The van der Waals surface area contributed by atoms with Crippen LogP contribution in [0.15, 0.2) is 18.2 Å². The van der Waals surface area contributed by atoms with E-state index in [-0.39, 0.29) is 11.9 Å². The zero-order valence-electron chi connectivity index (χ0n) is 11.9. The molecule has 1 aromatic carbocycles. The van der Waals surface area contributed by atoms with Crippen LogP contribution in [0.2, 0.25) is 10.0 Å². The summed E-state index contributed by atoms with van der Waals surface area (Å²) in [5, 5.41) is 3.65. The second-order valence-electron chi connectivity index (χ2n) is 5.14. The molecule has 1 heterocycles. The number of amides is 2. The molecule has 1 fully saturated rings. The second-order valence-corrected chi connectivity index (χ2v) is 5.95. The van der Waals surface area contributed by atoms with E-state index in [0.29, 0.717) is 41.0 Å². The third kappa shape index (κ3) is 4.11. The number of urea groups is 1. The largest absolute Gasteiger partial charge is 0.324 e. The molecule has 0 atom stereocenters. The molecular weight excluding hydrogens is 311 g/mol. The van der Waals surface area contributed by atoms with Crippen LogP contribution < -0.4 is 5.32 Å². The smallest absolute Gasteiger partial charge is 0.321 e. The van der Waals surface area contributed by atoms with Gasteiger partial charge in [-0.1, -0.05) is 30.1 Å². The highest BCUT2D eigenvalue weighted by molar-refractivity contribution is 6.42. The predicted molar refractivity (Wildman–Crippen MR) is 85.1 cm³/mol. The summed E-state index contributed by atoms with van der Waals surface area (Å²) in [4.78, 5) is 25.5. The van der Waals surface area contributed by atoms with Crippen molar-refractivity contribution in [3.8, 4) is 0 Å². The molecule has 1 saturated heterocycles. The Morgan fingerprint density at radius 1 is 1.24 bits per heavy atom. The lowest BCUT2D eigenvalue weighted by Crippen LogP contribution is -2.42. The number of hydrogen-bond donors (Lipinski definition) is 1. The van der Waals surface area contributed by atoms with Crippen molar-refractivity contribution in [3.63, 3.8) is 0 Å². The zero-order valence-corrected chi connectivity index (χ0v) is 13.4. The first-order valence-corrected chi connectivity index (χ1v) is 7.80. The Balaban J connectivity index is 1.90. The van der Waals surface area contributed by atoms with Gasteiger partial charge in [0.05, 0.1) is 10.0 Å². The van der Waals surface area contributed by atoms with Gasteiger partial charge in [0.15, 0.2) is 0 Å². The number of nitrogens with zero attached hydrogens (tertiary/aromatic N) is 1. The van der Waals surface area contributed by atoms with E-state index in [2.05, 4.69) is 5.32 Å². The number of piperidine rings is 1. The Morgan fingerprint density at radius 2 is 1.90 bits per heavy atom. The Hall–Kier alpha value is -1.26. The van der Waals surface area contributed by atoms with E-state index in [4.69, 9.17) is 23.2 Å². The van der Waals surface area contributed by atoms with Crippen LogP contribution in [-0.4, -0.2) is 29.8 Å². The number of carbonyl (C=O) groups is 2. The molecule has 0 unspecified atom stereocenters. The molecule has 0 aromatic heterocycles. The van der Waals surface area contributed by atoms with Crippen LogP contribution in [0.1, 0.15) is 26.2 Å². The van der Waals surface area contributed by atoms with Crippen molar-refractivity contribution < 1.29 is 9.59 Å². The maximum atomic E-state index is 12.2. The highest BCUT2D eigenvalue weighted by Crippen LogP contribution is 2.26. The fourth-order valence-corrected chi connectivity index (χ4v) is 2.77. The highest BCUT2D eigenvalue weighted by atomic mass is 35.5. The minimum atomic E-state index is -0.171. The van der Waals surface area contributed by atoms with Crippen molar-refractivity contribution in [1.29, 1.82) is 0 Å². The summed E-state index contributed by atoms with van der Waals surface area (Å²) >= 11 is 11.8. The van der Waals surface area contributed by atoms with Crippen LogP contribution in [0.3, 0.4) is 0 Å². The average molecular weight is 329 g/mol. The molecule has 0 spiro atoms. The molecule has 21 heavy (non-hydrogen) atoms. The number of benzene rings is 1. The van der Waals surface area contributed by atoms with Gasteiger partial charge in [0, 0.05) is 31.1 Å². The topological polar surface area (TPSA) is 49.4 Å². The van der Waals surface area contributed by atoms with Crippen molar-refractivity contribution in [3.05, 3.63) is 28.2 Å². The number of carbonyl (C=O) groups excluding carboxylic acids is 2. The third-order valence-corrected chi connectivity index (χ3v) is 4.50. The fraction of sp³-hybridized carbons (Fsp3) is 0.467. The summed E-state index contributed by atoms with van der Waals surface area (Å²) in [5.41, 5.74) is 0.612. The molecule has 0 radical (unpaired) electrons. The summed E-state index contributed by atoms with van der Waals surface area (Å²) < 4.78 is 0. The Kier molecular flexibility index (Phi) is 5.48. The van der Waals surface area contributed by atoms with Crippen molar-refractivity contribution in [2.24, 2.45) is 5.92 Å². The van der Waals surface area contributed by atoms with Crippen LogP contribution in [0.4, 0.5) is 10.5 Å². The van der Waals surface area contributed by atoms with Crippen molar-refractivity contribution in [2.45, 2.75) is 26.2 Å². The Morgan fingerprint density at radius 3 is 2.48 bits per heavy atom. The summed E-state index contributed by atoms with van der Waals surface area (Å²) in [6.07, 6.45) is 2.04. The van der Waals surface area contributed by atoms with E-state index in [1.54, 1.807) is 23.1 Å². The van der Waals surface area contributed by atoms with Gasteiger partial charge in [-0.15, -0.1) is 0 Å². The van der Waals surface area contributed by atoms with Crippen molar-refractivity contribution >= 4 is 40.7 Å². The molecule has 0 saturated carbocycles. The van der Waals surface area contributed by atoms with Crippen LogP contribution in [0, 0.1) is 5.92 Å². The number of nitrogens with one attached hydrogen (secondary N) is 1. The summed E-state index contributed by atoms with van der Waals surface area (Å²) in [6.45, 7) is 3.08. The number of ketones is 1. The minimum Gasteiger partial charge on any atom is -0.324 e. The number of likely N-dealkylation sites (tertiary alicyclic amines) is 1. The Bertz CT molecular complexity index is 540.